The highest BCUT2D eigenvalue weighted by atomic mass is 35.7. The summed E-state index contributed by atoms with van der Waals surface area (Å²) < 4.78 is 2.42. The Morgan fingerprint density at radius 1 is 0.944 bits per heavy atom. The molecule has 1 aromatic rings. The highest BCUT2D eigenvalue weighted by Gasteiger charge is 2.26. The molecule has 3 heteroatoms. The quantitative estimate of drug-likeness (QED) is 0.711. The first kappa shape index (κ1) is 16.0. The Kier molecular flexibility index (Phi) is 5.65. The van der Waals surface area contributed by atoms with Crippen molar-refractivity contribution < 1.29 is 0 Å². The molecule has 1 aromatic carbocycles. The molecule has 0 N–H and O–H groups in total. The molecule has 0 amide bonds. The highest BCUT2D eigenvalue weighted by Crippen LogP contribution is 2.48. The molecule has 0 aliphatic heterocycles. The van der Waals surface area contributed by atoms with Gasteiger partial charge in [0, 0.05) is 17.4 Å². The maximum absolute atomic E-state index is 6.82. The van der Waals surface area contributed by atoms with Gasteiger partial charge in [0.15, 0.2) is 0 Å². The molecule has 0 spiro atoms. The van der Waals surface area contributed by atoms with Crippen LogP contribution in [0, 0.1) is 20.8 Å². The van der Waals surface area contributed by atoms with Crippen LogP contribution >= 0.6 is 18.7 Å². The number of benzene rings is 1. The first-order valence-corrected chi connectivity index (χ1v) is 8.77. The van der Waals surface area contributed by atoms with Crippen molar-refractivity contribution in [3.05, 3.63) is 28.8 Å². The fourth-order valence-electron chi connectivity index (χ4n) is 2.58. The molecular formula is C15H25ClNP. The molecule has 102 valence electrons. The van der Waals surface area contributed by atoms with Gasteiger partial charge in [-0.15, -0.1) is 0 Å². The van der Waals surface area contributed by atoms with E-state index in [4.69, 9.17) is 11.2 Å². The number of aryl methyl sites for hydroxylation is 3. The van der Waals surface area contributed by atoms with Crippen LogP contribution in [0.3, 0.4) is 0 Å². The Morgan fingerprint density at radius 3 is 1.67 bits per heavy atom. The largest absolute Gasteiger partial charge is 0.261 e. The monoisotopic (exact) mass is 285 g/mol. The summed E-state index contributed by atoms with van der Waals surface area (Å²) in [6.07, 6.45) is 0. The molecule has 0 fully saturated rings. The van der Waals surface area contributed by atoms with E-state index in [0.717, 1.165) is 0 Å². The first-order chi connectivity index (χ1) is 8.25. The van der Waals surface area contributed by atoms with Gasteiger partial charge < -0.3 is 0 Å². The van der Waals surface area contributed by atoms with Gasteiger partial charge in [0.2, 0.25) is 0 Å². The molecule has 0 saturated carbocycles. The standard InChI is InChI=1S/C15H25ClNP/c1-10(2)17(11(3)4)18(16)15-13(6)8-12(5)9-14(15)7/h8-11H,1-7H3. The fraction of sp³-hybridized carbons (Fsp3) is 0.600. The maximum atomic E-state index is 6.82. The number of hydrogen-bond acceptors (Lipinski definition) is 1. The lowest BCUT2D eigenvalue weighted by molar-refractivity contribution is 0.329. The van der Waals surface area contributed by atoms with Gasteiger partial charge >= 0.3 is 0 Å². The third-order valence-electron chi connectivity index (χ3n) is 3.08. The van der Waals surface area contributed by atoms with Crippen LogP contribution in [-0.2, 0) is 0 Å². The van der Waals surface area contributed by atoms with E-state index in [1.165, 1.54) is 22.0 Å². The molecule has 18 heavy (non-hydrogen) atoms. The minimum atomic E-state index is -0.767. The molecule has 1 nitrogen and oxygen atoms in total. The predicted octanol–water partition coefficient (Wildman–Crippen LogP) is 4.91. The predicted molar refractivity (Wildman–Crippen MR) is 85.2 cm³/mol. The number of nitrogens with zero attached hydrogens (tertiary/aromatic N) is 1. The molecular weight excluding hydrogens is 261 g/mol. The van der Waals surface area contributed by atoms with Gasteiger partial charge in [0.05, 0.1) is 7.43 Å². The molecule has 0 saturated heterocycles. The van der Waals surface area contributed by atoms with Gasteiger partial charge in [-0.25, -0.2) is 0 Å². The van der Waals surface area contributed by atoms with Gasteiger partial charge in [0.1, 0.15) is 0 Å². The van der Waals surface area contributed by atoms with Crippen molar-refractivity contribution in [1.82, 2.24) is 4.67 Å². The molecule has 0 aliphatic rings. The highest BCUT2D eigenvalue weighted by molar-refractivity contribution is 7.88. The van der Waals surface area contributed by atoms with E-state index >= 15 is 0 Å². The van der Waals surface area contributed by atoms with Gasteiger partial charge in [0.25, 0.3) is 0 Å². The van der Waals surface area contributed by atoms with E-state index in [2.05, 4.69) is 65.3 Å². The number of hydrogen-bond donors (Lipinski definition) is 0. The molecule has 1 atom stereocenters. The van der Waals surface area contributed by atoms with E-state index in [1.54, 1.807) is 0 Å². The SMILES string of the molecule is Cc1cc(C)c(P(Cl)N(C(C)C)C(C)C)c(C)c1. The minimum Gasteiger partial charge on any atom is -0.261 e. The molecule has 0 aromatic heterocycles. The van der Waals surface area contributed by atoms with E-state index in [1.807, 2.05) is 0 Å². The Morgan fingerprint density at radius 2 is 1.33 bits per heavy atom. The maximum Gasteiger partial charge on any atom is 0.0956 e. The molecule has 1 rings (SSSR count). The van der Waals surface area contributed by atoms with E-state index < -0.39 is 7.43 Å². The van der Waals surface area contributed by atoms with E-state index in [-0.39, 0.29) is 0 Å². The summed E-state index contributed by atoms with van der Waals surface area (Å²) in [4.78, 5) is 0. The Hall–Kier alpha value is -0.100. The molecule has 0 heterocycles. The summed E-state index contributed by atoms with van der Waals surface area (Å²) in [5.41, 5.74) is 3.95. The summed E-state index contributed by atoms with van der Waals surface area (Å²) in [5, 5.41) is 1.33. The lowest BCUT2D eigenvalue weighted by Crippen LogP contribution is -2.34. The van der Waals surface area contributed by atoms with Crippen LogP contribution in [0.1, 0.15) is 44.4 Å². The van der Waals surface area contributed by atoms with Crippen LogP contribution in [0.25, 0.3) is 0 Å². The molecule has 0 bridgehead atoms. The fourth-order valence-corrected chi connectivity index (χ4v) is 6.18. The Labute approximate surface area is 118 Å². The van der Waals surface area contributed by atoms with Crippen LogP contribution in [0.2, 0.25) is 0 Å². The third-order valence-corrected chi connectivity index (χ3v) is 6.52. The van der Waals surface area contributed by atoms with Crippen LogP contribution < -0.4 is 5.30 Å². The van der Waals surface area contributed by atoms with Crippen LogP contribution in [-0.4, -0.2) is 16.8 Å². The molecule has 0 radical (unpaired) electrons. The lowest BCUT2D eigenvalue weighted by atomic mass is 10.1. The summed E-state index contributed by atoms with van der Waals surface area (Å²) in [6, 6.07) is 5.40. The van der Waals surface area contributed by atoms with Crippen LogP contribution in [0.4, 0.5) is 0 Å². The number of rotatable bonds is 4. The van der Waals surface area contributed by atoms with Crippen molar-refractivity contribution in [1.29, 1.82) is 0 Å². The van der Waals surface area contributed by atoms with Crippen LogP contribution in [0.15, 0.2) is 12.1 Å². The van der Waals surface area contributed by atoms with Gasteiger partial charge in [-0.1, -0.05) is 28.9 Å². The van der Waals surface area contributed by atoms with E-state index in [9.17, 15) is 0 Å². The van der Waals surface area contributed by atoms with Crippen molar-refractivity contribution in [3.8, 4) is 0 Å². The second-order valence-corrected chi connectivity index (χ2v) is 7.96. The second kappa shape index (κ2) is 6.37. The summed E-state index contributed by atoms with van der Waals surface area (Å²) in [7, 11) is -0.767. The van der Waals surface area contributed by atoms with Crippen LogP contribution in [0.5, 0.6) is 0 Å². The zero-order chi connectivity index (χ0) is 14.0. The summed E-state index contributed by atoms with van der Waals surface area (Å²) in [5.74, 6) is 0. The first-order valence-electron chi connectivity index (χ1n) is 6.57. The van der Waals surface area contributed by atoms with Crippen molar-refractivity contribution in [2.45, 2.75) is 60.5 Å². The topological polar surface area (TPSA) is 3.24 Å². The normalized spacial score (nSPS) is 13.7. The van der Waals surface area contributed by atoms with Crippen molar-refractivity contribution in [3.63, 3.8) is 0 Å². The average Bonchev–Trinajstić information content (AvgIpc) is 2.13. The lowest BCUT2D eigenvalue weighted by Gasteiger charge is -2.35. The summed E-state index contributed by atoms with van der Waals surface area (Å²) in [6.45, 7) is 15.4. The minimum absolute atomic E-state index is 0.466. The number of halogens is 1. The Balaban J connectivity index is 3.21. The van der Waals surface area contributed by atoms with Crippen molar-refractivity contribution in [2.75, 3.05) is 0 Å². The second-order valence-electron chi connectivity index (χ2n) is 5.57. The van der Waals surface area contributed by atoms with Crippen molar-refractivity contribution >= 4 is 24.0 Å². The van der Waals surface area contributed by atoms with Gasteiger partial charge in [-0.05, 0) is 59.6 Å². The van der Waals surface area contributed by atoms with Crippen molar-refractivity contribution in [2.24, 2.45) is 0 Å². The molecule has 0 aliphatic carbocycles. The third kappa shape index (κ3) is 3.47. The Bertz CT molecular complexity index is 384. The van der Waals surface area contributed by atoms with Gasteiger partial charge in [-0.3, -0.25) is 4.67 Å². The summed E-state index contributed by atoms with van der Waals surface area (Å²) >= 11 is 6.82. The smallest absolute Gasteiger partial charge is 0.0956 e. The van der Waals surface area contributed by atoms with E-state index in [0.29, 0.717) is 12.1 Å². The zero-order valence-electron chi connectivity index (χ0n) is 12.6. The zero-order valence-corrected chi connectivity index (χ0v) is 14.2. The molecule has 1 unspecified atom stereocenters. The van der Waals surface area contributed by atoms with Gasteiger partial charge in [-0.2, -0.15) is 0 Å². The average molecular weight is 286 g/mol.